The highest BCUT2D eigenvalue weighted by Gasteiger charge is 2.31. The predicted molar refractivity (Wildman–Crippen MR) is 141 cm³/mol. The Hall–Kier alpha value is -4.04. The summed E-state index contributed by atoms with van der Waals surface area (Å²) < 4.78 is 56.3. The lowest BCUT2D eigenvalue weighted by Crippen LogP contribution is -2.33. The topological polar surface area (TPSA) is 104 Å². The molecule has 0 bridgehead atoms. The number of nitriles is 1. The van der Waals surface area contributed by atoms with Crippen LogP contribution in [0.2, 0.25) is 0 Å². The molecule has 1 amide bonds. The average Bonchev–Trinajstić information content (AvgIpc) is 2.83. The van der Waals surface area contributed by atoms with Gasteiger partial charge in [-0.3, -0.25) is 9.59 Å². The number of halogens is 3. The van der Waals surface area contributed by atoms with Crippen molar-refractivity contribution in [3.05, 3.63) is 87.3 Å². The van der Waals surface area contributed by atoms with E-state index in [4.69, 9.17) is 5.26 Å². The molecule has 0 saturated carbocycles. The molecule has 3 rings (SSSR count). The minimum atomic E-state index is -4.59. The number of nitrogens with zero attached hydrogens (tertiary/aromatic N) is 2. The Kier molecular flexibility index (Phi) is 8.07. The number of hydrogen-bond donors (Lipinski definition) is 2. The van der Waals surface area contributed by atoms with E-state index in [9.17, 15) is 27.0 Å². The number of hydrogen-bond acceptors (Lipinski definition) is 4. The minimum Gasteiger partial charge on any atom is -0.348 e. The fourth-order valence-electron chi connectivity index (χ4n) is 4.08. The van der Waals surface area contributed by atoms with E-state index in [1.807, 2.05) is 13.8 Å². The largest absolute Gasteiger partial charge is 0.416 e. The van der Waals surface area contributed by atoms with Gasteiger partial charge in [0.15, 0.2) is 6.19 Å². The van der Waals surface area contributed by atoms with Crippen molar-refractivity contribution < 1.29 is 22.2 Å². The van der Waals surface area contributed by atoms with Gasteiger partial charge in [0.1, 0.15) is 5.56 Å². The Bertz CT molecular complexity index is 1570. The van der Waals surface area contributed by atoms with Crippen molar-refractivity contribution in [2.45, 2.75) is 50.9 Å². The van der Waals surface area contributed by atoms with E-state index in [1.54, 1.807) is 36.7 Å². The molecule has 0 radical (unpaired) electrons. The summed E-state index contributed by atoms with van der Waals surface area (Å²) in [6.45, 7) is 6.98. The monoisotopic (exact) mass is 544 g/mol. The number of rotatable bonds is 7. The van der Waals surface area contributed by atoms with E-state index in [1.165, 1.54) is 30.5 Å². The second-order valence-corrected chi connectivity index (χ2v) is 11.1. The maximum atomic E-state index is 13.5. The van der Waals surface area contributed by atoms with Crippen molar-refractivity contribution in [2.75, 3.05) is 0 Å². The van der Waals surface area contributed by atoms with E-state index in [0.29, 0.717) is 16.2 Å². The van der Waals surface area contributed by atoms with Crippen LogP contribution in [0.25, 0.3) is 11.1 Å². The Morgan fingerprint density at radius 2 is 1.76 bits per heavy atom. The van der Waals surface area contributed by atoms with Crippen LogP contribution < -0.4 is 15.5 Å². The molecule has 38 heavy (non-hydrogen) atoms. The lowest BCUT2D eigenvalue weighted by atomic mass is 9.98. The molecule has 1 heterocycles. The standard InChI is InChI=1S/C27H27F3N4O3S/c1-16(2)34-14-23(25(35)24(18(34)4)20-7-6-8-21(13-20)27(28,29)30)26(36)33-17(3)19-9-11-22(12-10-19)38(5,37)32-15-31/h6-14,16-17H,5H2,1-4H3,(H,32,37)(H,33,36). The summed E-state index contributed by atoms with van der Waals surface area (Å²) in [4.78, 5) is 27.0. The molecular formula is C27H27F3N4O3S. The molecule has 2 aromatic carbocycles. The summed E-state index contributed by atoms with van der Waals surface area (Å²) in [6, 6.07) is 9.96. The van der Waals surface area contributed by atoms with Crippen LogP contribution in [0.5, 0.6) is 0 Å². The minimum absolute atomic E-state index is 0.0182. The highest BCUT2D eigenvalue weighted by atomic mass is 32.2. The molecule has 7 nitrogen and oxygen atoms in total. The van der Waals surface area contributed by atoms with Crippen molar-refractivity contribution in [1.29, 1.82) is 5.26 Å². The van der Waals surface area contributed by atoms with Crippen LogP contribution in [-0.4, -0.2) is 20.6 Å². The zero-order valence-electron chi connectivity index (χ0n) is 21.2. The molecule has 2 unspecified atom stereocenters. The smallest absolute Gasteiger partial charge is 0.348 e. The van der Waals surface area contributed by atoms with Crippen LogP contribution in [-0.2, 0) is 15.9 Å². The summed E-state index contributed by atoms with van der Waals surface area (Å²) in [5.41, 5.74) is -0.635. The van der Waals surface area contributed by atoms with E-state index < -0.39 is 38.8 Å². The van der Waals surface area contributed by atoms with Crippen molar-refractivity contribution in [3.63, 3.8) is 0 Å². The molecular weight excluding hydrogens is 517 g/mol. The molecule has 0 aliphatic carbocycles. The molecule has 0 saturated heterocycles. The summed E-state index contributed by atoms with van der Waals surface area (Å²) >= 11 is 0. The first kappa shape index (κ1) is 28.5. The summed E-state index contributed by atoms with van der Waals surface area (Å²) in [5, 5.41) is 11.5. The maximum absolute atomic E-state index is 13.5. The fourth-order valence-corrected chi connectivity index (χ4v) is 4.92. The quantitative estimate of drug-likeness (QED) is 0.249. The first-order chi connectivity index (χ1) is 17.7. The highest BCUT2D eigenvalue weighted by molar-refractivity contribution is 7.98. The maximum Gasteiger partial charge on any atom is 0.416 e. The van der Waals surface area contributed by atoms with Gasteiger partial charge in [-0.25, -0.2) is 8.93 Å². The Morgan fingerprint density at radius 3 is 2.32 bits per heavy atom. The number of carbonyl (C=O) groups excluding carboxylic acids is 1. The first-order valence-corrected chi connectivity index (χ1v) is 13.3. The van der Waals surface area contributed by atoms with E-state index in [-0.39, 0.29) is 22.7 Å². The van der Waals surface area contributed by atoms with Crippen molar-refractivity contribution in [3.8, 4) is 17.3 Å². The third-order valence-corrected chi connectivity index (χ3v) is 7.54. The third kappa shape index (κ3) is 5.92. The van der Waals surface area contributed by atoms with Crippen LogP contribution in [0.1, 0.15) is 60.0 Å². The SMILES string of the molecule is C=S(=O)(NC#N)c1ccc(C(C)NC(=O)c2cn(C(C)C)c(C)c(-c3cccc(C(F)(F)F)c3)c2=O)cc1. The number of alkyl halides is 3. The molecule has 200 valence electrons. The van der Waals surface area contributed by atoms with Crippen molar-refractivity contribution in [1.82, 2.24) is 14.6 Å². The molecule has 0 aliphatic rings. The first-order valence-electron chi connectivity index (χ1n) is 11.5. The number of pyridine rings is 1. The second-order valence-electron chi connectivity index (χ2n) is 9.07. The molecule has 0 aliphatic heterocycles. The fraction of sp³-hybridized carbons (Fsp3) is 0.259. The van der Waals surface area contributed by atoms with E-state index in [2.05, 4.69) is 15.9 Å². The number of benzene rings is 2. The van der Waals surface area contributed by atoms with Gasteiger partial charge < -0.3 is 9.88 Å². The third-order valence-electron chi connectivity index (χ3n) is 6.09. The van der Waals surface area contributed by atoms with Gasteiger partial charge in [0, 0.05) is 23.5 Å². The van der Waals surface area contributed by atoms with Gasteiger partial charge in [0.05, 0.1) is 26.2 Å². The summed E-state index contributed by atoms with van der Waals surface area (Å²) in [6.07, 6.45) is -1.57. The van der Waals surface area contributed by atoms with Crippen LogP contribution in [0, 0.1) is 18.4 Å². The van der Waals surface area contributed by atoms with Gasteiger partial charge in [-0.2, -0.15) is 18.4 Å². The van der Waals surface area contributed by atoms with Gasteiger partial charge in [-0.05, 0) is 69.0 Å². The predicted octanol–water partition coefficient (Wildman–Crippen LogP) is 4.98. The number of aromatic nitrogens is 1. The Labute approximate surface area is 219 Å². The van der Waals surface area contributed by atoms with Gasteiger partial charge in [-0.1, -0.05) is 24.3 Å². The summed E-state index contributed by atoms with van der Waals surface area (Å²) in [5.74, 6) is 2.82. The van der Waals surface area contributed by atoms with Gasteiger partial charge >= 0.3 is 6.18 Å². The van der Waals surface area contributed by atoms with E-state index >= 15 is 0 Å². The van der Waals surface area contributed by atoms with Gasteiger partial charge in [0.2, 0.25) is 5.43 Å². The zero-order chi connectivity index (χ0) is 28.4. The number of amides is 1. The second kappa shape index (κ2) is 10.8. The normalized spacial score (nSPS) is 13.9. The molecule has 3 aromatic rings. The van der Waals surface area contributed by atoms with Crippen molar-refractivity contribution in [2.24, 2.45) is 0 Å². The molecule has 0 fully saturated rings. The molecule has 1 aromatic heterocycles. The summed E-state index contributed by atoms with van der Waals surface area (Å²) in [7, 11) is -3.00. The Balaban J connectivity index is 2.02. The number of nitrogens with one attached hydrogen (secondary N) is 2. The molecule has 2 atom stereocenters. The van der Waals surface area contributed by atoms with Crippen molar-refractivity contribution >= 4 is 21.5 Å². The van der Waals surface area contributed by atoms with Crippen LogP contribution >= 0.6 is 0 Å². The molecule has 11 heteroatoms. The lowest BCUT2D eigenvalue weighted by molar-refractivity contribution is -0.137. The molecule has 0 spiro atoms. The Morgan fingerprint density at radius 1 is 1.13 bits per heavy atom. The van der Waals surface area contributed by atoms with Gasteiger partial charge in [0.25, 0.3) is 5.91 Å². The average molecular weight is 545 g/mol. The zero-order valence-corrected chi connectivity index (χ0v) is 22.0. The lowest BCUT2D eigenvalue weighted by Gasteiger charge is -2.21. The van der Waals surface area contributed by atoms with E-state index in [0.717, 1.165) is 12.1 Å². The van der Waals surface area contributed by atoms with Crippen LogP contribution in [0.15, 0.2) is 64.4 Å². The molecule has 2 N–H and O–H groups in total. The number of carbonyl (C=O) groups is 1. The van der Waals surface area contributed by atoms with Gasteiger partial charge in [-0.15, -0.1) is 0 Å². The van der Waals surface area contributed by atoms with Crippen LogP contribution in [0.4, 0.5) is 13.2 Å². The van der Waals surface area contributed by atoms with Crippen LogP contribution in [0.3, 0.4) is 0 Å². The highest BCUT2D eigenvalue weighted by Crippen LogP contribution is 2.32.